The second-order valence-electron chi connectivity index (χ2n) is 6.61. The number of rotatable bonds is 6. The predicted octanol–water partition coefficient (Wildman–Crippen LogP) is 4.56. The van der Waals surface area contributed by atoms with Crippen LogP contribution in [0, 0.1) is 0 Å². The van der Waals surface area contributed by atoms with E-state index in [1.807, 2.05) is 42.6 Å². The highest BCUT2D eigenvalue weighted by Gasteiger charge is 2.23. The van der Waals surface area contributed by atoms with Gasteiger partial charge in [0.1, 0.15) is 10.8 Å². The van der Waals surface area contributed by atoms with Gasteiger partial charge in [-0.25, -0.2) is 4.98 Å². The van der Waals surface area contributed by atoms with Crippen molar-refractivity contribution in [2.75, 3.05) is 6.61 Å². The van der Waals surface area contributed by atoms with Gasteiger partial charge < -0.3 is 10.1 Å². The summed E-state index contributed by atoms with van der Waals surface area (Å²) in [6, 6.07) is 16.3. The summed E-state index contributed by atoms with van der Waals surface area (Å²) in [5.41, 5.74) is 4.35. The van der Waals surface area contributed by atoms with E-state index in [0.29, 0.717) is 13.0 Å². The summed E-state index contributed by atoms with van der Waals surface area (Å²) in [6.07, 6.45) is 2.29. The number of thiazole rings is 1. The highest BCUT2D eigenvalue weighted by atomic mass is 32.1. The molecule has 27 heavy (non-hydrogen) atoms. The van der Waals surface area contributed by atoms with Gasteiger partial charge in [0.15, 0.2) is 0 Å². The molecule has 1 unspecified atom stereocenters. The van der Waals surface area contributed by atoms with Gasteiger partial charge in [0.2, 0.25) is 5.91 Å². The third-order valence-corrected chi connectivity index (χ3v) is 5.70. The molecule has 0 spiro atoms. The molecule has 0 saturated carbocycles. The van der Waals surface area contributed by atoms with E-state index >= 15 is 0 Å². The van der Waals surface area contributed by atoms with Crippen LogP contribution in [0.4, 0.5) is 0 Å². The van der Waals surface area contributed by atoms with Gasteiger partial charge >= 0.3 is 0 Å². The monoisotopic (exact) mass is 378 g/mol. The molecule has 0 saturated heterocycles. The van der Waals surface area contributed by atoms with Crippen molar-refractivity contribution in [3.63, 3.8) is 0 Å². The highest BCUT2D eigenvalue weighted by Crippen LogP contribution is 2.33. The quantitative estimate of drug-likeness (QED) is 0.684. The van der Waals surface area contributed by atoms with Crippen LogP contribution in [-0.4, -0.2) is 17.5 Å². The first-order valence-electron chi connectivity index (χ1n) is 9.28. The van der Waals surface area contributed by atoms with Crippen LogP contribution in [0.2, 0.25) is 0 Å². The number of amides is 1. The number of carbonyl (C=O) groups excluding carboxylic acids is 1. The maximum absolute atomic E-state index is 12.5. The zero-order chi connectivity index (χ0) is 18.6. The lowest BCUT2D eigenvalue weighted by Crippen LogP contribution is -2.28. The van der Waals surface area contributed by atoms with Gasteiger partial charge in [-0.15, -0.1) is 11.3 Å². The Bertz CT molecular complexity index is 951. The van der Waals surface area contributed by atoms with Crippen molar-refractivity contribution >= 4 is 17.2 Å². The van der Waals surface area contributed by atoms with E-state index in [-0.39, 0.29) is 11.9 Å². The molecule has 0 aliphatic heterocycles. The Labute approximate surface area is 163 Å². The first-order valence-corrected chi connectivity index (χ1v) is 10.2. The molecule has 1 atom stereocenters. The number of nitrogens with zero attached hydrogens (tertiary/aromatic N) is 1. The van der Waals surface area contributed by atoms with E-state index in [4.69, 9.17) is 4.74 Å². The molecule has 1 heterocycles. The first-order chi connectivity index (χ1) is 13.2. The van der Waals surface area contributed by atoms with E-state index in [1.165, 1.54) is 11.1 Å². The Morgan fingerprint density at radius 3 is 2.93 bits per heavy atom. The molecule has 5 heteroatoms. The lowest BCUT2D eigenvalue weighted by Gasteiger charge is -2.13. The molecule has 2 aromatic carbocycles. The van der Waals surface area contributed by atoms with Gasteiger partial charge in [0, 0.05) is 5.38 Å². The molecule has 1 aromatic heterocycles. The normalized spacial score (nSPS) is 15.4. The van der Waals surface area contributed by atoms with Crippen LogP contribution in [-0.2, 0) is 17.6 Å². The van der Waals surface area contributed by atoms with Crippen molar-refractivity contribution in [3.8, 4) is 16.3 Å². The third-order valence-electron chi connectivity index (χ3n) is 4.78. The van der Waals surface area contributed by atoms with Crippen LogP contribution in [0.3, 0.4) is 0 Å². The summed E-state index contributed by atoms with van der Waals surface area (Å²) >= 11 is 1.54. The van der Waals surface area contributed by atoms with Crippen LogP contribution in [0.5, 0.6) is 5.75 Å². The predicted molar refractivity (Wildman–Crippen MR) is 108 cm³/mol. The maximum Gasteiger partial charge on any atom is 0.226 e. The minimum atomic E-state index is 0.0200. The summed E-state index contributed by atoms with van der Waals surface area (Å²) in [4.78, 5) is 17.2. The molecule has 3 aromatic rings. The van der Waals surface area contributed by atoms with Crippen molar-refractivity contribution in [2.45, 2.75) is 32.2 Å². The molecular formula is C22H22N2O2S. The van der Waals surface area contributed by atoms with Crippen molar-refractivity contribution in [1.29, 1.82) is 0 Å². The summed E-state index contributed by atoms with van der Waals surface area (Å²) < 4.78 is 5.69. The van der Waals surface area contributed by atoms with Crippen LogP contribution >= 0.6 is 11.3 Å². The number of aryl methyl sites for hydroxylation is 1. The van der Waals surface area contributed by atoms with E-state index in [9.17, 15) is 4.79 Å². The molecule has 4 rings (SSSR count). The second-order valence-corrected chi connectivity index (χ2v) is 7.47. The van der Waals surface area contributed by atoms with E-state index in [0.717, 1.165) is 34.9 Å². The van der Waals surface area contributed by atoms with Gasteiger partial charge in [0.05, 0.1) is 30.3 Å². The van der Waals surface area contributed by atoms with Gasteiger partial charge in [-0.2, -0.15) is 0 Å². The number of fused-ring (bicyclic) bond motifs is 1. The molecule has 0 fully saturated rings. The fraction of sp³-hybridized carbons (Fsp3) is 0.273. The number of hydrogen-bond acceptors (Lipinski definition) is 4. The Hall–Kier alpha value is -2.66. The third kappa shape index (κ3) is 3.88. The lowest BCUT2D eigenvalue weighted by atomic mass is 10.1. The average Bonchev–Trinajstić information content (AvgIpc) is 3.30. The molecule has 1 aliphatic rings. The Morgan fingerprint density at radius 2 is 2.04 bits per heavy atom. The minimum Gasteiger partial charge on any atom is -0.493 e. The number of carbonyl (C=O) groups is 1. The number of aromatic nitrogens is 1. The van der Waals surface area contributed by atoms with Crippen LogP contribution < -0.4 is 10.1 Å². The molecule has 138 valence electrons. The van der Waals surface area contributed by atoms with Crippen molar-refractivity contribution in [2.24, 2.45) is 0 Å². The minimum absolute atomic E-state index is 0.0200. The summed E-state index contributed by atoms with van der Waals surface area (Å²) in [5.74, 6) is 0.847. The molecule has 1 N–H and O–H groups in total. The molecule has 0 bridgehead atoms. The SMILES string of the molecule is CCOc1ccccc1-c1nc(CC(=O)NC2CCc3ccccc32)cs1. The number of hydrogen-bond donors (Lipinski definition) is 1. The highest BCUT2D eigenvalue weighted by molar-refractivity contribution is 7.13. The summed E-state index contributed by atoms with van der Waals surface area (Å²) in [5, 5.41) is 6.01. The van der Waals surface area contributed by atoms with Gasteiger partial charge in [-0.1, -0.05) is 36.4 Å². The lowest BCUT2D eigenvalue weighted by molar-refractivity contribution is -0.121. The number of ether oxygens (including phenoxy) is 1. The average molecular weight is 378 g/mol. The standard InChI is InChI=1S/C22H22N2O2S/c1-2-26-20-10-6-5-9-18(20)22-23-16(14-27-22)13-21(25)24-19-12-11-15-7-3-4-8-17(15)19/h3-10,14,19H,2,11-13H2,1H3,(H,24,25). The molecule has 4 nitrogen and oxygen atoms in total. The van der Waals surface area contributed by atoms with Crippen molar-refractivity contribution < 1.29 is 9.53 Å². The van der Waals surface area contributed by atoms with Crippen LogP contribution in [0.25, 0.3) is 10.6 Å². The Kier molecular flexibility index (Phi) is 5.21. The van der Waals surface area contributed by atoms with Gasteiger partial charge in [0.25, 0.3) is 0 Å². The smallest absolute Gasteiger partial charge is 0.226 e. The fourth-order valence-electron chi connectivity index (χ4n) is 3.55. The van der Waals surface area contributed by atoms with Gasteiger partial charge in [-0.05, 0) is 43.0 Å². The van der Waals surface area contributed by atoms with Crippen LogP contribution in [0.1, 0.15) is 36.2 Å². The molecule has 1 amide bonds. The van der Waals surface area contributed by atoms with Crippen molar-refractivity contribution in [3.05, 3.63) is 70.7 Å². The number of nitrogens with one attached hydrogen (secondary N) is 1. The van der Waals surface area contributed by atoms with Crippen molar-refractivity contribution in [1.82, 2.24) is 10.3 Å². The van der Waals surface area contributed by atoms with Crippen LogP contribution in [0.15, 0.2) is 53.9 Å². The fourth-order valence-corrected chi connectivity index (χ4v) is 4.40. The Morgan fingerprint density at radius 1 is 1.22 bits per heavy atom. The summed E-state index contributed by atoms with van der Waals surface area (Å²) in [7, 11) is 0. The zero-order valence-electron chi connectivity index (χ0n) is 15.3. The van der Waals surface area contributed by atoms with E-state index in [2.05, 4.69) is 28.5 Å². The molecule has 0 radical (unpaired) electrons. The van der Waals surface area contributed by atoms with E-state index < -0.39 is 0 Å². The van der Waals surface area contributed by atoms with E-state index in [1.54, 1.807) is 11.3 Å². The first kappa shape index (κ1) is 17.7. The topological polar surface area (TPSA) is 51.2 Å². The summed E-state index contributed by atoms with van der Waals surface area (Å²) in [6.45, 7) is 2.58. The molecular weight excluding hydrogens is 356 g/mol. The van der Waals surface area contributed by atoms with Gasteiger partial charge in [-0.3, -0.25) is 4.79 Å². The molecule has 1 aliphatic carbocycles. The largest absolute Gasteiger partial charge is 0.493 e. The Balaban J connectivity index is 1.43. The maximum atomic E-state index is 12.5. The number of para-hydroxylation sites is 1. The number of benzene rings is 2. The zero-order valence-corrected chi connectivity index (χ0v) is 16.1. The second kappa shape index (κ2) is 7.92.